The van der Waals surface area contributed by atoms with E-state index in [1.807, 2.05) is 38.1 Å². The molecule has 2 heterocycles. The zero-order chi connectivity index (χ0) is 15.5. The third-order valence-electron chi connectivity index (χ3n) is 2.85. The molecule has 1 N–H and O–H groups in total. The molecule has 5 nitrogen and oxygen atoms in total. The van der Waals surface area contributed by atoms with Crippen LogP contribution in [0.2, 0.25) is 0 Å². The van der Waals surface area contributed by atoms with Gasteiger partial charge in [-0.2, -0.15) is 0 Å². The minimum absolute atomic E-state index is 0.231. The van der Waals surface area contributed by atoms with Gasteiger partial charge in [-0.3, -0.25) is 10.1 Å². The van der Waals surface area contributed by atoms with Gasteiger partial charge in [0.25, 0.3) is 0 Å². The number of anilines is 1. The Balaban J connectivity index is 1.67. The molecular formula is C15H14N4OS2. The number of hydrogen-bond acceptors (Lipinski definition) is 6. The number of hydrogen-bond donors (Lipinski definition) is 1. The van der Waals surface area contributed by atoms with Crippen molar-refractivity contribution in [1.29, 1.82) is 0 Å². The fraction of sp³-hybridized carbons (Fsp3) is 0.200. The van der Waals surface area contributed by atoms with Gasteiger partial charge in [0.1, 0.15) is 10.0 Å². The van der Waals surface area contributed by atoms with E-state index in [0.29, 0.717) is 11.0 Å². The summed E-state index contributed by atoms with van der Waals surface area (Å²) in [7, 11) is 0. The molecule has 0 aliphatic carbocycles. The van der Waals surface area contributed by atoms with E-state index < -0.39 is 0 Å². The zero-order valence-electron chi connectivity index (χ0n) is 12.1. The molecule has 1 aromatic carbocycles. The number of thiazole rings is 1. The van der Waals surface area contributed by atoms with Gasteiger partial charge in [0.05, 0.1) is 10.2 Å². The summed E-state index contributed by atoms with van der Waals surface area (Å²) in [5, 5.41) is 12.9. The van der Waals surface area contributed by atoms with Gasteiger partial charge in [-0.15, -0.1) is 21.5 Å². The van der Waals surface area contributed by atoms with E-state index in [9.17, 15) is 4.79 Å². The molecule has 0 saturated carbocycles. The summed E-state index contributed by atoms with van der Waals surface area (Å²) in [6.45, 7) is 4.08. The second-order valence-electron chi connectivity index (χ2n) is 4.94. The third-order valence-corrected chi connectivity index (χ3v) is 4.99. The van der Waals surface area contributed by atoms with E-state index in [1.54, 1.807) is 17.4 Å². The first kappa shape index (κ1) is 14.8. The van der Waals surface area contributed by atoms with E-state index in [0.717, 1.165) is 20.2 Å². The molecule has 22 heavy (non-hydrogen) atoms. The molecule has 1 amide bonds. The molecule has 0 radical (unpaired) electrons. The number of nitrogens with zero attached hydrogens (tertiary/aromatic N) is 3. The van der Waals surface area contributed by atoms with E-state index in [2.05, 4.69) is 20.5 Å². The predicted molar refractivity (Wildman–Crippen MR) is 91.3 cm³/mol. The van der Waals surface area contributed by atoms with Crippen LogP contribution in [0.1, 0.15) is 29.8 Å². The fourth-order valence-electron chi connectivity index (χ4n) is 1.77. The minimum Gasteiger partial charge on any atom is -0.297 e. The molecule has 7 heteroatoms. The van der Waals surface area contributed by atoms with Crippen molar-refractivity contribution < 1.29 is 4.79 Å². The standard InChI is InChI=1S/C15H14N4OS2/c1-9(2)14-18-19-15(22-14)17-12(20)7-8-13-16-10-5-3-4-6-11(10)21-13/h3-9H,1-2H3,(H,17,19,20)/b8-7+. The first-order valence-electron chi connectivity index (χ1n) is 6.80. The highest BCUT2D eigenvalue weighted by atomic mass is 32.1. The van der Waals surface area contributed by atoms with E-state index in [-0.39, 0.29) is 5.91 Å². The van der Waals surface area contributed by atoms with Crippen molar-refractivity contribution in [2.75, 3.05) is 5.32 Å². The zero-order valence-corrected chi connectivity index (χ0v) is 13.7. The minimum atomic E-state index is -0.231. The number of benzene rings is 1. The largest absolute Gasteiger partial charge is 0.297 e. The average molecular weight is 330 g/mol. The Hall–Kier alpha value is -2.12. The van der Waals surface area contributed by atoms with Crippen molar-refractivity contribution in [3.63, 3.8) is 0 Å². The normalized spacial score (nSPS) is 11.6. The van der Waals surface area contributed by atoms with E-state index >= 15 is 0 Å². The number of rotatable bonds is 4. The lowest BCUT2D eigenvalue weighted by molar-refractivity contribution is -0.111. The number of carbonyl (C=O) groups excluding carboxylic acids is 1. The smallest absolute Gasteiger partial charge is 0.250 e. The van der Waals surface area contributed by atoms with Crippen molar-refractivity contribution in [2.24, 2.45) is 0 Å². The lowest BCUT2D eigenvalue weighted by Gasteiger charge is -1.95. The lowest BCUT2D eigenvalue weighted by atomic mass is 10.2. The van der Waals surface area contributed by atoms with Crippen molar-refractivity contribution in [3.05, 3.63) is 40.4 Å². The van der Waals surface area contributed by atoms with Crippen LogP contribution in [-0.2, 0) is 4.79 Å². The number of amides is 1. The van der Waals surface area contributed by atoms with E-state index in [4.69, 9.17) is 0 Å². The first-order valence-corrected chi connectivity index (χ1v) is 8.43. The lowest BCUT2D eigenvalue weighted by Crippen LogP contribution is -2.07. The Labute approximate surface area is 135 Å². The highest BCUT2D eigenvalue weighted by Gasteiger charge is 2.09. The molecule has 112 valence electrons. The van der Waals surface area contributed by atoms with Crippen molar-refractivity contribution >= 4 is 50.0 Å². The first-order chi connectivity index (χ1) is 10.6. The number of aromatic nitrogens is 3. The van der Waals surface area contributed by atoms with Gasteiger partial charge in [-0.25, -0.2) is 4.98 Å². The second-order valence-corrected chi connectivity index (χ2v) is 7.01. The summed E-state index contributed by atoms with van der Waals surface area (Å²) >= 11 is 2.94. The molecule has 0 atom stereocenters. The average Bonchev–Trinajstić information content (AvgIpc) is 3.11. The molecule has 0 aliphatic heterocycles. The third kappa shape index (κ3) is 3.37. The maximum Gasteiger partial charge on any atom is 0.250 e. The number of carbonyl (C=O) groups is 1. The Morgan fingerprint density at radius 3 is 2.77 bits per heavy atom. The molecule has 0 saturated heterocycles. The molecule has 3 aromatic rings. The topological polar surface area (TPSA) is 67.8 Å². The van der Waals surface area contributed by atoms with Gasteiger partial charge in [-0.05, 0) is 18.2 Å². The SMILES string of the molecule is CC(C)c1nnc(NC(=O)/C=C/c2nc3ccccc3s2)s1. The molecule has 0 unspecified atom stereocenters. The Morgan fingerprint density at radius 2 is 2.05 bits per heavy atom. The van der Waals surface area contributed by atoms with Crippen LogP contribution in [0, 0.1) is 0 Å². The molecule has 0 fully saturated rings. The van der Waals surface area contributed by atoms with Crippen LogP contribution in [0.25, 0.3) is 16.3 Å². The van der Waals surface area contributed by atoms with Gasteiger partial charge in [0, 0.05) is 12.0 Å². The molecule has 3 rings (SSSR count). The van der Waals surface area contributed by atoms with Crippen LogP contribution in [0.15, 0.2) is 30.3 Å². The molecule has 2 aromatic heterocycles. The molecule has 0 aliphatic rings. The van der Waals surface area contributed by atoms with Crippen molar-refractivity contribution in [2.45, 2.75) is 19.8 Å². The van der Waals surface area contributed by atoms with Gasteiger partial charge >= 0.3 is 0 Å². The Bertz CT molecular complexity index is 802. The van der Waals surface area contributed by atoms with Crippen molar-refractivity contribution in [3.8, 4) is 0 Å². The van der Waals surface area contributed by atoms with E-state index in [1.165, 1.54) is 17.4 Å². The van der Waals surface area contributed by atoms with Crippen LogP contribution in [0.3, 0.4) is 0 Å². The Kier molecular flexibility index (Phi) is 4.26. The van der Waals surface area contributed by atoms with Crippen LogP contribution >= 0.6 is 22.7 Å². The Morgan fingerprint density at radius 1 is 1.23 bits per heavy atom. The highest BCUT2D eigenvalue weighted by Crippen LogP contribution is 2.23. The molecule has 0 spiro atoms. The number of nitrogens with one attached hydrogen (secondary N) is 1. The van der Waals surface area contributed by atoms with Crippen LogP contribution in [-0.4, -0.2) is 21.1 Å². The summed E-state index contributed by atoms with van der Waals surface area (Å²) in [6, 6.07) is 7.89. The maximum absolute atomic E-state index is 11.9. The fourth-order valence-corrected chi connectivity index (χ4v) is 3.39. The molecular weight excluding hydrogens is 316 g/mol. The van der Waals surface area contributed by atoms with Crippen molar-refractivity contribution in [1.82, 2.24) is 15.2 Å². The summed E-state index contributed by atoms with van der Waals surface area (Å²) < 4.78 is 1.10. The number of para-hydroxylation sites is 1. The van der Waals surface area contributed by atoms with Gasteiger partial charge < -0.3 is 0 Å². The van der Waals surface area contributed by atoms with Crippen LogP contribution in [0.5, 0.6) is 0 Å². The summed E-state index contributed by atoms with van der Waals surface area (Å²) in [5.74, 6) is 0.0761. The monoisotopic (exact) mass is 330 g/mol. The summed E-state index contributed by atoms with van der Waals surface area (Å²) in [5.41, 5.74) is 0.943. The quantitative estimate of drug-likeness (QED) is 0.736. The summed E-state index contributed by atoms with van der Waals surface area (Å²) in [4.78, 5) is 16.3. The van der Waals surface area contributed by atoms with Gasteiger partial charge in [-0.1, -0.05) is 37.3 Å². The number of fused-ring (bicyclic) bond motifs is 1. The van der Waals surface area contributed by atoms with Gasteiger partial charge in [0.2, 0.25) is 11.0 Å². The summed E-state index contributed by atoms with van der Waals surface area (Å²) in [6.07, 6.45) is 3.18. The highest BCUT2D eigenvalue weighted by molar-refractivity contribution is 7.19. The van der Waals surface area contributed by atoms with Crippen LogP contribution < -0.4 is 5.32 Å². The second kappa shape index (κ2) is 6.33. The predicted octanol–water partition coefficient (Wildman–Crippen LogP) is 3.92. The molecule has 0 bridgehead atoms. The van der Waals surface area contributed by atoms with Gasteiger partial charge in [0.15, 0.2) is 0 Å². The van der Waals surface area contributed by atoms with Crippen LogP contribution in [0.4, 0.5) is 5.13 Å². The maximum atomic E-state index is 11.9.